The van der Waals surface area contributed by atoms with Gasteiger partial charge in [0, 0.05) is 11.8 Å². The molecule has 0 amide bonds. The fraction of sp³-hybridized carbons (Fsp3) is 0.333. The van der Waals surface area contributed by atoms with Crippen LogP contribution in [0.5, 0.6) is 0 Å². The number of benzene rings is 1. The molecule has 100 valence electrons. The van der Waals surface area contributed by atoms with Crippen LogP contribution in [0.4, 0.5) is 0 Å². The third kappa shape index (κ3) is 3.89. The van der Waals surface area contributed by atoms with Crippen LogP contribution in [0.25, 0.3) is 0 Å². The van der Waals surface area contributed by atoms with Crippen molar-refractivity contribution in [2.75, 3.05) is 0 Å². The van der Waals surface area contributed by atoms with Crippen molar-refractivity contribution in [1.29, 1.82) is 0 Å². The highest BCUT2D eigenvalue weighted by Crippen LogP contribution is 2.17. The molecule has 0 bridgehead atoms. The highest BCUT2D eigenvalue weighted by molar-refractivity contribution is 7.09. The number of rotatable bonds is 5. The summed E-state index contributed by atoms with van der Waals surface area (Å²) in [6.45, 7) is 3.95. The summed E-state index contributed by atoms with van der Waals surface area (Å²) in [6.07, 6.45) is 1.04. The van der Waals surface area contributed by atoms with Crippen LogP contribution in [0.15, 0.2) is 29.6 Å². The molecule has 0 saturated heterocycles. The van der Waals surface area contributed by atoms with E-state index in [1.165, 1.54) is 0 Å². The van der Waals surface area contributed by atoms with Gasteiger partial charge in [-0.05, 0) is 25.8 Å². The van der Waals surface area contributed by atoms with E-state index in [-0.39, 0.29) is 0 Å². The lowest BCUT2D eigenvalue weighted by Crippen LogP contribution is -2.19. The van der Waals surface area contributed by atoms with E-state index in [0.717, 1.165) is 21.8 Å². The number of nitrogens with zero attached hydrogens (tertiary/aromatic N) is 1. The number of hydrogen-bond acceptors (Lipinski definition) is 3. The second kappa shape index (κ2) is 5.97. The minimum absolute atomic E-state index is 0.414. The van der Waals surface area contributed by atoms with Crippen molar-refractivity contribution in [2.45, 2.75) is 26.7 Å². The lowest BCUT2D eigenvalue weighted by Gasteiger charge is -2.11. The lowest BCUT2D eigenvalue weighted by molar-refractivity contribution is -0.141. The van der Waals surface area contributed by atoms with Gasteiger partial charge in [0.15, 0.2) is 0 Å². The largest absolute Gasteiger partial charge is 0.481 e. The second-order valence-corrected chi connectivity index (χ2v) is 5.85. The Kier molecular flexibility index (Phi) is 4.32. The van der Waals surface area contributed by atoms with Crippen LogP contribution < -0.4 is 0 Å². The summed E-state index contributed by atoms with van der Waals surface area (Å²) in [7, 11) is 0. The first-order valence-corrected chi connectivity index (χ1v) is 7.12. The zero-order valence-electron chi connectivity index (χ0n) is 11.1. The van der Waals surface area contributed by atoms with Crippen LogP contribution in [0.3, 0.4) is 0 Å². The first-order chi connectivity index (χ1) is 9.04. The zero-order valence-corrected chi connectivity index (χ0v) is 11.9. The standard InChI is InChI=1S/C15H17NO2S/c1-10-4-3-5-12(6-10)7-13(15(17)18)8-14-9-19-11(2)16-14/h3-6,9,13H,7-8H2,1-2H3,(H,17,18). The zero-order chi connectivity index (χ0) is 13.8. The average Bonchev–Trinajstić information content (AvgIpc) is 2.74. The Morgan fingerprint density at radius 2 is 2.16 bits per heavy atom. The summed E-state index contributed by atoms with van der Waals surface area (Å²) in [5.74, 6) is -1.17. The third-order valence-corrected chi connectivity index (χ3v) is 3.86. The first-order valence-electron chi connectivity index (χ1n) is 6.24. The van der Waals surface area contributed by atoms with Crippen molar-refractivity contribution in [3.63, 3.8) is 0 Å². The molecule has 1 unspecified atom stereocenters. The number of carboxylic acids is 1. The molecule has 0 aliphatic carbocycles. The molecule has 3 nitrogen and oxygen atoms in total. The SMILES string of the molecule is Cc1cccc(CC(Cc2csc(C)n2)C(=O)O)c1. The summed E-state index contributed by atoms with van der Waals surface area (Å²) in [4.78, 5) is 15.7. The van der Waals surface area contributed by atoms with Gasteiger partial charge in [0.25, 0.3) is 0 Å². The van der Waals surface area contributed by atoms with Gasteiger partial charge in [0.05, 0.1) is 16.6 Å². The lowest BCUT2D eigenvalue weighted by atomic mass is 9.94. The van der Waals surface area contributed by atoms with E-state index in [1.54, 1.807) is 11.3 Å². The monoisotopic (exact) mass is 275 g/mol. The number of hydrogen-bond donors (Lipinski definition) is 1. The van der Waals surface area contributed by atoms with E-state index in [4.69, 9.17) is 0 Å². The Balaban J connectivity index is 2.10. The highest BCUT2D eigenvalue weighted by Gasteiger charge is 2.19. The molecule has 2 aromatic rings. The molecule has 4 heteroatoms. The van der Waals surface area contributed by atoms with E-state index < -0.39 is 11.9 Å². The number of carbonyl (C=O) groups is 1. The van der Waals surface area contributed by atoms with Gasteiger partial charge in [-0.2, -0.15) is 0 Å². The Hall–Kier alpha value is -1.68. The number of carboxylic acid groups (broad SMARTS) is 1. The van der Waals surface area contributed by atoms with Gasteiger partial charge in [0.1, 0.15) is 0 Å². The normalized spacial score (nSPS) is 12.3. The fourth-order valence-electron chi connectivity index (χ4n) is 2.12. The molecule has 1 aromatic heterocycles. The number of aryl methyl sites for hydroxylation is 2. The molecule has 0 fully saturated rings. The summed E-state index contributed by atoms with van der Waals surface area (Å²) in [6, 6.07) is 8.01. The summed E-state index contributed by atoms with van der Waals surface area (Å²) in [5, 5.41) is 12.3. The van der Waals surface area contributed by atoms with Crippen LogP contribution in [0, 0.1) is 19.8 Å². The predicted molar refractivity (Wildman–Crippen MR) is 76.6 cm³/mol. The van der Waals surface area contributed by atoms with E-state index in [9.17, 15) is 9.90 Å². The van der Waals surface area contributed by atoms with Crippen molar-refractivity contribution in [3.8, 4) is 0 Å². The van der Waals surface area contributed by atoms with Crippen molar-refractivity contribution < 1.29 is 9.90 Å². The summed E-state index contributed by atoms with van der Waals surface area (Å²) >= 11 is 1.56. The molecule has 1 atom stereocenters. The smallest absolute Gasteiger partial charge is 0.307 e. The Morgan fingerprint density at radius 1 is 1.37 bits per heavy atom. The Morgan fingerprint density at radius 3 is 2.74 bits per heavy atom. The van der Waals surface area contributed by atoms with Crippen molar-refractivity contribution >= 4 is 17.3 Å². The number of thiazole rings is 1. The number of aliphatic carboxylic acids is 1. The first kappa shape index (κ1) is 13.7. The van der Waals surface area contributed by atoms with Crippen molar-refractivity contribution in [3.05, 3.63) is 51.5 Å². The molecule has 1 aromatic carbocycles. The second-order valence-electron chi connectivity index (χ2n) is 4.79. The molecule has 0 radical (unpaired) electrons. The minimum atomic E-state index is -0.757. The van der Waals surface area contributed by atoms with Gasteiger partial charge in [-0.15, -0.1) is 11.3 Å². The van der Waals surface area contributed by atoms with Gasteiger partial charge in [0.2, 0.25) is 0 Å². The maximum absolute atomic E-state index is 11.4. The molecule has 1 N–H and O–H groups in total. The van der Waals surface area contributed by atoms with Crippen molar-refractivity contribution in [1.82, 2.24) is 4.98 Å². The third-order valence-electron chi connectivity index (χ3n) is 3.04. The van der Waals surface area contributed by atoms with Gasteiger partial charge in [-0.1, -0.05) is 29.8 Å². The van der Waals surface area contributed by atoms with Gasteiger partial charge >= 0.3 is 5.97 Å². The molecule has 2 rings (SSSR count). The quantitative estimate of drug-likeness (QED) is 0.911. The number of aromatic nitrogens is 1. The molecular weight excluding hydrogens is 258 g/mol. The van der Waals surface area contributed by atoms with Crippen LogP contribution in [-0.4, -0.2) is 16.1 Å². The summed E-state index contributed by atoms with van der Waals surface area (Å²) < 4.78 is 0. The molecule has 0 saturated carbocycles. The van der Waals surface area contributed by atoms with Crippen LogP contribution in [-0.2, 0) is 17.6 Å². The molecular formula is C15H17NO2S. The average molecular weight is 275 g/mol. The minimum Gasteiger partial charge on any atom is -0.481 e. The highest BCUT2D eigenvalue weighted by atomic mass is 32.1. The summed E-state index contributed by atoms with van der Waals surface area (Å²) in [5.41, 5.74) is 3.10. The Labute approximate surface area is 116 Å². The van der Waals surface area contributed by atoms with Crippen molar-refractivity contribution in [2.24, 2.45) is 5.92 Å². The molecule has 0 aliphatic rings. The van der Waals surface area contributed by atoms with E-state index in [2.05, 4.69) is 4.98 Å². The topological polar surface area (TPSA) is 50.2 Å². The van der Waals surface area contributed by atoms with E-state index in [1.807, 2.05) is 43.5 Å². The van der Waals surface area contributed by atoms with Gasteiger partial charge < -0.3 is 5.11 Å². The van der Waals surface area contributed by atoms with Gasteiger partial charge in [-0.3, -0.25) is 4.79 Å². The van der Waals surface area contributed by atoms with E-state index >= 15 is 0 Å². The molecule has 0 aliphatic heterocycles. The maximum atomic E-state index is 11.4. The van der Waals surface area contributed by atoms with Crippen LogP contribution >= 0.6 is 11.3 Å². The fourth-order valence-corrected chi connectivity index (χ4v) is 2.75. The Bertz CT molecular complexity index is 577. The predicted octanol–water partition coefficient (Wildman–Crippen LogP) is 3.25. The van der Waals surface area contributed by atoms with E-state index in [0.29, 0.717) is 12.8 Å². The molecule has 0 spiro atoms. The molecule has 19 heavy (non-hydrogen) atoms. The maximum Gasteiger partial charge on any atom is 0.307 e. The van der Waals surface area contributed by atoms with Crippen LogP contribution in [0.1, 0.15) is 21.8 Å². The van der Waals surface area contributed by atoms with Gasteiger partial charge in [-0.25, -0.2) is 4.98 Å². The molecule has 1 heterocycles. The van der Waals surface area contributed by atoms with Crippen LogP contribution in [0.2, 0.25) is 0 Å².